The molecule has 0 bridgehead atoms. The lowest BCUT2D eigenvalue weighted by Gasteiger charge is -2.31. The van der Waals surface area contributed by atoms with Crippen LogP contribution >= 0.6 is 0 Å². The van der Waals surface area contributed by atoms with Gasteiger partial charge in [0.05, 0.1) is 5.52 Å². The predicted molar refractivity (Wildman–Crippen MR) is 161 cm³/mol. The summed E-state index contributed by atoms with van der Waals surface area (Å²) in [5.74, 6) is 0.598. The molecule has 2 fully saturated rings. The lowest BCUT2D eigenvalue weighted by Crippen LogP contribution is -2.35. The van der Waals surface area contributed by atoms with Crippen LogP contribution in [0.3, 0.4) is 0 Å². The highest BCUT2D eigenvalue weighted by atomic mass is 19.1. The van der Waals surface area contributed by atoms with E-state index in [2.05, 4.69) is 15.2 Å². The zero-order chi connectivity index (χ0) is 29.3. The van der Waals surface area contributed by atoms with Crippen molar-refractivity contribution >= 4 is 16.9 Å². The maximum Gasteiger partial charge on any atom is 0.417 e. The highest BCUT2D eigenvalue weighted by molar-refractivity contribution is 5.98. The summed E-state index contributed by atoms with van der Waals surface area (Å²) in [4.78, 5) is 28.6. The van der Waals surface area contributed by atoms with Gasteiger partial charge in [-0.1, -0.05) is 24.3 Å². The summed E-state index contributed by atoms with van der Waals surface area (Å²) >= 11 is 0. The molecule has 2 aliphatic rings. The van der Waals surface area contributed by atoms with Gasteiger partial charge in [-0.2, -0.15) is 0 Å². The minimum absolute atomic E-state index is 0.0548. The van der Waals surface area contributed by atoms with Crippen LogP contribution in [-0.4, -0.2) is 48.4 Å². The summed E-state index contributed by atoms with van der Waals surface area (Å²) < 4.78 is 30.7. The van der Waals surface area contributed by atoms with Crippen LogP contribution in [0.5, 0.6) is 0 Å². The fourth-order valence-electron chi connectivity index (χ4n) is 5.93. The molecule has 3 heterocycles. The molecule has 2 saturated heterocycles. The van der Waals surface area contributed by atoms with Crippen molar-refractivity contribution in [3.63, 3.8) is 0 Å². The maximum atomic E-state index is 13.0. The molecule has 6 rings (SSSR count). The predicted octanol–water partition coefficient (Wildman–Crippen LogP) is 6.16. The number of hydrogen-bond donors (Lipinski definition) is 2. The van der Waals surface area contributed by atoms with Crippen LogP contribution in [0.1, 0.15) is 53.6 Å². The molecular formula is C34H39F2N3O3. The number of aromatic nitrogens is 1. The number of benzene rings is 3. The van der Waals surface area contributed by atoms with Gasteiger partial charge in [0.25, 0.3) is 0 Å². The van der Waals surface area contributed by atoms with E-state index in [1.165, 1.54) is 36.1 Å². The van der Waals surface area contributed by atoms with Gasteiger partial charge in [0.2, 0.25) is 0 Å². The van der Waals surface area contributed by atoms with E-state index >= 15 is 0 Å². The molecule has 4 aromatic rings. The van der Waals surface area contributed by atoms with Crippen molar-refractivity contribution in [2.75, 3.05) is 32.7 Å². The molecule has 42 heavy (non-hydrogen) atoms. The quantitative estimate of drug-likeness (QED) is 0.246. The second-order valence-corrected chi connectivity index (χ2v) is 11.5. The summed E-state index contributed by atoms with van der Waals surface area (Å²) in [5.41, 5.74) is 4.03. The van der Waals surface area contributed by atoms with E-state index < -0.39 is 5.76 Å². The van der Waals surface area contributed by atoms with Crippen molar-refractivity contribution in [1.82, 2.24) is 15.2 Å². The van der Waals surface area contributed by atoms with E-state index in [0.717, 1.165) is 64.3 Å². The number of Topliss-reactive ketones (excluding diaryl/α,β-unsaturated/α-hetero) is 1. The van der Waals surface area contributed by atoms with Gasteiger partial charge in [0, 0.05) is 18.5 Å². The Morgan fingerprint density at radius 3 is 1.98 bits per heavy atom. The highest BCUT2D eigenvalue weighted by Gasteiger charge is 2.20. The Hall–Kier alpha value is -3.62. The first-order valence-corrected chi connectivity index (χ1v) is 15.0. The van der Waals surface area contributed by atoms with Crippen molar-refractivity contribution in [1.29, 1.82) is 0 Å². The van der Waals surface area contributed by atoms with Crippen molar-refractivity contribution in [2.45, 2.75) is 44.9 Å². The number of oxazole rings is 1. The van der Waals surface area contributed by atoms with Crippen LogP contribution in [0.15, 0.2) is 75.9 Å². The molecule has 3 aromatic carbocycles. The molecule has 222 valence electrons. The fourth-order valence-corrected chi connectivity index (χ4v) is 5.93. The number of aromatic amines is 1. The largest absolute Gasteiger partial charge is 0.417 e. The summed E-state index contributed by atoms with van der Waals surface area (Å²) in [6, 6.07) is 18.7. The minimum atomic E-state index is -0.511. The number of carbonyl (C=O) groups is 1. The third-order valence-corrected chi connectivity index (χ3v) is 8.44. The van der Waals surface area contributed by atoms with Gasteiger partial charge in [-0.25, -0.2) is 13.6 Å². The standard InChI is InChI=1S/C22H23FN2O3.C12H16FN/c23-18-4-1-15(2-5-18)13-16-7-10-25(11-8-16)12-9-20(26)17-3-6-19-21(14-17)28-22(27)24-19;13-12-3-1-10(2-4-12)9-11-5-7-14-8-6-11/h1-6,14,16H,7-13H2,(H,24,27);1-4,11,14H,5-9H2. The van der Waals surface area contributed by atoms with Crippen LogP contribution in [0.2, 0.25) is 0 Å². The fraction of sp³-hybridized carbons (Fsp3) is 0.412. The number of carbonyl (C=O) groups excluding carboxylic acids is 1. The summed E-state index contributed by atoms with van der Waals surface area (Å²) in [6.45, 7) is 4.95. The Morgan fingerprint density at radius 1 is 0.810 bits per heavy atom. The first-order chi connectivity index (χ1) is 20.4. The van der Waals surface area contributed by atoms with Crippen LogP contribution < -0.4 is 11.1 Å². The smallest absolute Gasteiger partial charge is 0.408 e. The van der Waals surface area contributed by atoms with Crippen LogP contribution in [-0.2, 0) is 12.8 Å². The Balaban J connectivity index is 0.000000211. The molecule has 0 saturated carbocycles. The molecule has 2 N–H and O–H groups in total. The van der Waals surface area contributed by atoms with E-state index in [4.69, 9.17) is 4.42 Å². The SMILES string of the molecule is Fc1ccc(CC2CCNCC2)cc1.O=C(CCN1CCC(Cc2ccc(F)cc2)CC1)c1ccc2[nH]c(=O)oc2c1. The zero-order valence-electron chi connectivity index (χ0n) is 23.9. The van der Waals surface area contributed by atoms with Gasteiger partial charge in [-0.05, 0) is 130 Å². The van der Waals surface area contributed by atoms with Crippen molar-refractivity contribution < 1.29 is 18.0 Å². The third kappa shape index (κ3) is 8.69. The number of ketones is 1. The average Bonchev–Trinajstić information content (AvgIpc) is 3.39. The van der Waals surface area contributed by atoms with Crippen molar-refractivity contribution in [2.24, 2.45) is 11.8 Å². The minimum Gasteiger partial charge on any atom is -0.408 e. The zero-order valence-corrected chi connectivity index (χ0v) is 23.9. The van der Waals surface area contributed by atoms with Gasteiger partial charge < -0.3 is 14.6 Å². The van der Waals surface area contributed by atoms with E-state index in [0.29, 0.717) is 29.0 Å². The first-order valence-electron chi connectivity index (χ1n) is 15.0. The lowest BCUT2D eigenvalue weighted by molar-refractivity contribution is 0.0951. The molecule has 0 spiro atoms. The van der Waals surface area contributed by atoms with E-state index in [9.17, 15) is 18.4 Å². The topological polar surface area (TPSA) is 78.3 Å². The van der Waals surface area contributed by atoms with Gasteiger partial charge in [-0.15, -0.1) is 0 Å². The third-order valence-electron chi connectivity index (χ3n) is 8.44. The van der Waals surface area contributed by atoms with Crippen molar-refractivity contribution in [3.05, 3.63) is 106 Å². The van der Waals surface area contributed by atoms with Crippen LogP contribution in [0.25, 0.3) is 11.1 Å². The summed E-state index contributed by atoms with van der Waals surface area (Å²) in [6.07, 6.45) is 7.20. The Morgan fingerprint density at radius 2 is 1.38 bits per heavy atom. The molecule has 0 atom stereocenters. The number of halogens is 2. The monoisotopic (exact) mass is 575 g/mol. The van der Waals surface area contributed by atoms with E-state index in [1.807, 2.05) is 24.3 Å². The number of H-pyrrole nitrogens is 1. The maximum absolute atomic E-state index is 13.0. The molecule has 0 amide bonds. The number of nitrogens with zero attached hydrogens (tertiary/aromatic N) is 1. The normalized spacial score (nSPS) is 16.7. The van der Waals surface area contributed by atoms with Crippen molar-refractivity contribution in [3.8, 4) is 0 Å². The number of hydrogen-bond acceptors (Lipinski definition) is 5. The molecule has 0 radical (unpaired) electrons. The van der Waals surface area contributed by atoms with E-state index in [-0.39, 0.29) is 17.4 Å². The Labute approximate surface area is 245 Å². The van der Waals surface area contributed by atoms with E-state index in [1.54, 1.807) is 30.3 Å². The summed E-state index contributed by atoms with van der Waals surface area (Å²) in [5, 5.41) is 3.35. The number of nitrogens with one attached hydrogen (secondary N) is 2. The summed E-state index contributed by atoms with van der Waals surface area (Å²) in [7, 11) is 0. The molecule has 6 nitrogen and oxygen atoms in total. The first kappa shape index (κ1) is 29.9. The molecular weight excluding hydrogens is 536 g/mol. The van der Waals surface area contributed by atoms with Crippen LogP contribution in [0.4, 0.5) is 8.78 Å². The number of fused-ring (bicyclic) bond motifs is 1. The average molecular weight is 576 g/mol. The second kappa shape index (κ2) is 14.5. The molecule has 0 unspecified atom stereocenters. The van der Waals surface area contributed by atoms with Gasteiger partial charge in [-0.3, -0.25) is 9.78 Å². The number of likely N-dealkylation sites (tertiary alicyclic amines) is 1. The molecule has 2 aliphatic heterocycles. The Bertz CT molecular complexity index is 1480. The number of rotatable bonds is 8. The molecule has 1 aromatic heterocycles. The lowest BCUT2D eigenvalue weighted by atomic mass is 9.90. The van der Waals surface area contributed by atoms with Gasteiger partial charge in [0.1, 0.15) is 11.6 Å². The van der Waals surface area contributed by atoms with Gasteiger partial charge in [0.15, 0.2) is 11.4 Å². The van der Waals surface area contributed by atoms with Gasteiger partial charge >= 0.3 is 5.76 Å². The Kier molecular flexibility index (Phi) is 10.3. The molecule has 0 aliphatic carbocycles. The van der Waals surface area contributed by atoms with Crippen LogP contribution in [0, 0.1) is 23.5 Å². The second-order valence-electron chi connectivity index (χ2n) is 11.5. The number of piperidine rings is 2. The molecule has 8 heteroatoms. The highest BCUT2D eigenvalue weighted by Crippen LogP contribution is 2.23.